The number of hydrogen-bond acceptors (Lipinski definition) is 4. The van der Waals surface area contributed by atoms with E-state index in [0.29, 0.717) is 17.3 Å². The van der Waals surface area contributed by atoms with Crippen molar-refractivity contribution in [1.82, 2.24) is 10.2 Å². The molecule has 142 valence electrons. The number of nitrogens with zero attached hydrogens (tertiary/aromatic N) is 1. The minimum absolute atomic E-state index is 0.0364. The number of amides is 2. The van der Waals surface area contributed by atoms with Crippen molar-refractivity contribution in [3.05, 3.63) is 29.3 Å². The molecular formula is C19H25ClN2O4. The molecule has 0 aromatic heterocycles. The molecule has 1 aromatic rings. The molecule has 1 aliphatic carbocycles. The number of carbonyl (C=O) groups is 2. The second kappa shape index (κ2) is 7.35. The maximum absolute atomic E-state index is 12.2. The van der Waals surface area contributed by atoms with E-state index in [4.69, 9.17) is 21.1 Å². The van der Waals surface area contributed by atoms with Crippen LogP contribution in [0.5, 0.6) is 5.75 Å². The van der Waals surface area contributed by atoms with Gasteiger partial charge in [0.2, 0.25) is 0 Å². The van der Waals surface area contributed by atoms with Crippen LogP contribution in [-0.2, 0) is 9.53 Å². The lowest BCUT2D eigenvalue weighted by Gasteiger charge is -2.33. The number of benzene rings is 1. The quantitative estimate of drug-likeness (QED) is 0.870. The SMILES string of the molecule is CC(C)(C)OC(=O)N1CC2CC1CC2NC(=O)COc1ccc(Cl)cc1. The third kappa shape index (κ3) is 4.61. The normalized spacial score (nSPS) is 24.5. The second-order valence-corrected chi connectivity index (χ2v) is 8.37. The Morgan fingerprint density at radius 1 is 1.23 bits per heavy atom. The van der Waals surface area contributed by atoms with Crippen molar-refractivity contribution in [1.29, 1.82) is 0 Å². The molecule has 2 fully saturated rings. The fraction of sp³-hybridized carbons (Fsp3) is 0.579. The minimum Gasteiger partial charge on any atom is -0.484 e. The number of hydrogen-bond donors (Lipinski definition) is 1. The lowest BCUT2D eigenvalue weighted by molar-refractivity contribution is -0.124. The summed E-state index contributed by atoms with van der Waals surface area (Å²) >= 11 is 5.82. The molecule has 3 rings (SSSR count). The van der Waals surface area contributed by atoms with Gasteiger partial charge in [-0.2, -0.15) is 0 Å². The number of rotatable bonds is 4. The average Bonchev–Trinajstić information content (AvgIpc) is 3.13. The third-order valence-corrected chi connectivity index (χ3v) is 4.95. The van der Waals surface area contributed by atoms with Crippen molar-refractivity contribution in [2.45, 2.75) is 51.3 Å². The van der Waals surface area contributed by atoms with Crippen LogP contribution in [0.4, 0.5) is 4.79 Å². The summed E-state index contributed by atoms with van der Waals surface area (Å²) in [4.78, 5) is 26.2. The van der Waals surface area contributed by atoms with E-state index in [-0.39, 0.29) is 36.6 Å². The van der Waals surface area contributed by atoms with Crippen LogP contribution in [0, 0.1) is 5.92 Å². The first-order valence-corrected chi connectivity index (χ1v) is 9.26. The van der Waals surface area contributed by atoms with E-state index in [1.807, 2.05) is 20.8 Å². The summed E-state index contributed by atoms with van der Waals surface area (Å²) in [5.74, 6) is 0.724. The average molecular weight is 381 g/mol. The van der Waals surface area contributed by atoms with E-state index >= 15 is 0 Å². The van der Waals surface area contributed by atoms with Gasteiger partial charge in [0.25, 0.3) is 5.91 Å². The van der Waals surface area contributed by atoms with Crippen molar-refractivity contribution in [3.63, 3.8) is 0 Å². The smallest absolute Gasteiger partial charge is 0.410 e. The highest BCUT2D eigenvalue weighted by Crippen LogP contribution is 2.38. The predicted molar refractivity (Wildman–Crippen MR) is 98.3 cm³/mol. The zero-order valence-electron chi connectivity index (χ0n) is 15.3. The van der Waals surface area contributed by atoms with Gasteiger partial charge in [0.1, 0.15) is 11.4 Å². The van der Waals surface area contributed by atoms with E-state index in [0.717, 1.165) is 12.8 Å². The highest BCUT2D eigenvalue weighted by Gasteiger charge is 2.48. The molecule has 7 heteroatoms. The minimum atomic E-state index is -0.495. The lowest BCUT2D eigenvalue weighted by Crippen LogP contribution is -2.49. The Labute approximate surface area is 158 Å². The van der Waals surface area contributed by atoms with Crippen molar-refractivity contribution in [3.8, 4) is 5.75 Å². The van der Waals surface area contributed by atoms with Crippen LogP contribution in [0.15, 0.2) is 24.3 Å². The van der Waals surface area contributed by atoms with Gasteiger partial charge in [-0.15, -0.1) is 0 Å². The Balaban J connectivity index is 1.44. The summed E-state index contributed by atoms with van der Waals surface area (Å²) in [6.45, 7) is 6.18. The molecule has 3 unspecified atom stereocenters. The van der Waals surface area contributed by atoms with Crippen LogP contribution >= 0.6 is 11.6 Å². The zero-order valence-corrected chi connectivity index (χ0v) is 16.1. The molecule has 1 aromatic carbocycles. The number of likely N-dealkylation sites (tertiary alicyclic amines) is 1. The number of halogens is 1. The maximum atomic E-state index is 12.2. The Hall–Kier alpha value is -1.95. The molecule has 1 heterocycles. The molecule has 6 nitrogen and oxygen atoms in total. The summed E-state index contributed by atoms with van der Waals surface area (Å²) in [6, 6.07) is 7.11. The van der Waals surface area contributed by atoms with Crippen LogP contribution in [0.3, 0.4) is 0 Å². The standard InChI is InChI=1S/C19H25ClN2O4/c1-19(2,3)26-18(24)22-10-12-8-14(22)9-16(12)21-17(23)11-25-15-6-4-13(20)5-7-15/h4-7,12,14,16H,8-11H2,1-3H3,(H,21,23). The molecule has 0 spiro atoms. The van der Waals surface area contributed by atoms with E-state index in [9.17, 15) is 9.59 Å². The maximum Gasteiger partial charge on any atom is 0.410 e. The molecule has 1 N–H and O–H groups in total. The van der Waals surface area contributed by atoms with Gasteiger partial charge in [-0.3, -0.25) is 4.79 Å². The highest BCUT2D eigenvalue weighted by atomic mass is 35.5. The molecule has 1 saturated heterocycles. The van der Waals surface area contributed by atoms with E-state index in [1.165, 1.54) is 0 Å². The number of carbonyl (C=O) groups excluding carboxylic acids is 2. The van der Waals surface area contributed by atoms with Crippen LogP contribution in [0.1, 0.15) is 33.6 Å². The Morgan fingerprint density at radius 3 is 2.50 bits per heavy atom. The first kappa shape index (κ1) is 18.8. The van der Waals surface area contributed by atoms with E-state index < -0.39 is 5.60 Å². The predicted octanol–water partition coefficient (Wildman–Crippen LogP) is 3.23. The second-order valence-electron chi connectivity index (χ2n) is 7.93. The third-order valence-electron chi connectivity index (χ3n) is 4.70. The zero-order chi connectivity index (χ0) is 18.9. The molecule has 2 aliphatic rings. The first-order valence-electron chi connectivity index (χ1n) is 8.88. The lowest BCUT2D eigenvalue weighted by atomic mass is 10.0. The topological polar surface area (TPSA) is 67.9 Å². The Morgan fingerprint density at radius 2 is 1.92 bits per heavy atom. The molecule has 0 radical (unpaired) electrons. The molecule has 2 bridgehead atoms. The van der Waals surface area contributed by atoms with Crippen LogP contribution in [-0.4, -0.2) is 47.7 Å². The largest absolute Gasteiger partial charge is 0.484 e. The number of ether oxygens (including phenoxy) is 2. The molecule has 26 heavy (non-hydrogen) atoms. The van der Waals surface area contributed by atoms with E-state index in [2.05, 4.69) is 5.32 Å². The fourth-order valence-corrected chi connectivity index (χ4v) is 3.73. The van der Waals surface area contributed by atoms with Gasteiger partial charge >= 0.3 is 6.09 Å². The van der Waals surface area contributed by atoms with Crippen LogP contribution in [0.25, 0.3) is 0 Å². The van der Waals surface area contributed by atoms with Crippen molar-refractivity contribution < 1.29 is 19.1 Å². The monoisotopic (exact) mass is 380 g/mol. The first-order chi connectivity index (χ1) is 12.2. The van der Waals surface area contributed by atoms with Crippen molar-refractivity contribution in [2.75, 3.05) is 13.2 Å². The Kier molecular flexibility index (Phi) is 5.32. The molecule has 1 aliphatic heterocycles. The fourth-order valence-electron chi connectivity index (χ4n) is 3.60. The van der Waals surface area contributed by atoms with Gasteiger partial charge in [-0.25, -0.2) is 4.79 Å². The molecular weight excluding hydrogens is 356 g/mol. The summed E-state index contributed by atoms with van der Waals surface area (Å²) in [5.41, 5.74) is -0.495. The van der Waals surface area contributed by atoms with Gasteiger partial charge in [0.05, 0.1) is 0 Å². The van der Waals surface area contributed by atoms with Crippen LogP contribution in [0.2, 0.25) is 5.02 Å². The van der Waals surface area contributed by atoms with Gasteiger partial charge in [0, 0.05) is 23.7 Å². The number of fused-ring (bicyclic) bond motifs is 2. The Bertz CT molecular complexity index is 671. The van der Waals surface area contributed by atoms with Gasteiger partial charge in [-0.1, -0.05) is 11.6 Å². The van der Waals surface area contributed by atoms with Gasteiger partial charge in [-0.05, 0) is 63.8 Å². The number of nitrogens with one attached hydrogen (secondary N) is 1. The summed E-state index contributed by atoms with van der Waals surface area (Å²) in [7, 11) is 0. The summed E-state index contributed by atoms with van der Waals surface area (Å²) in [6.07, 6.45) is 1.40. The number of piperidine rings is 1. The molecule has 2 amide bonds. The van der Waals surface area contributed by atoms with Gasteiger partial charge < -0.3 is 19.7 Å². The van der Waals surface area contributed by atoms with Crippen LogP contribution < -0.4 is 10.1 Å². The summed E-state index contributed by atoms with van der Waals surface area (Å²) < 4.78 is 10.9. The van der Waals surface area contributed by atoms with Gasteiger partial charge in [0.15, 0.2) is 6.61 Å². The molecule has 3 atom stereocenters. The highest BCUT2D eigenvalue weighted by molar-refractivity contribution is 6.30. The van der Waals surface area contributed by atoms with Crippen molar-refractivity contribution >= 4 is 23.6 Å². The van der Waals surface area contributed by atoms with Crippen molar-refractivity contribution in [2.24, 2.45) is 5.92 Å². The molecule has 1 saturated carbocycles. The summed E-state index contributed by atoms with van der Waals surface area (Å²) in [5, 5.41) is 3.65. The van der Waals surface area contributed by atoms with E-state index in [1.54, 1.807) is 29.2 Å².